The number of hydrogen-bond acceptors (Lipinski definition) is 11. The number of ether oxygens (including phenoxy) is 3. The Morgan fingerprint density at radius 1 is 1.41 bits per heavy atom. The monoisotopic (exact) mass is 423 g/mol. The average molecular weight is 424 g/mol. The van der Waals surface area contributed by atoms with Gasteiger partial charge in [0.2, 0.25) is 5.89 Å². The van der Waals surface area contributed by atoms with Gasteiger partial charge >= 0.3 is 0 Å². The Morgan fingerprint density at radius 3 is 3.07 bits per heavy atom. The Hall–Kier alpha value is -2.51. The maximum Gasteiger partial charge on any atom is 0.296 e. The number of imidazole rings is 1. The third kappa shape index (κ3) is 3.18. The lowest BCUT2D eigenvalue weighted by molar-refractivity contribution is -0.0647. The number of aliphatic hydroxyl groups excluding tert-OH is 1. The topological polar surface area (TPSA) is 166 Å². The first kappa shape index (κ1) is 18.5. The van der Waals surface area contributed by atoms with E-state index in [2.05, 4.69) is 30.4 Å². The summed E-state index contributed by atoms with van der Waals surface area (Å²) in [5.41, 5.74) is 5.98. The van der Waals surface area contributed by atoms with Crippen molar-refractivity contribution in [2.75, 3.05) is 18.5 Å². The van der Waals surface area contributed by atoms with E-state index in [0.717, 1.165) is 0 Å². The van der Waals surface area contributed by atoms with Crippen molar-refractivity contribution < 1.29 is 23.8 Å². The van der Waals surface area contributed by atoms with Crippen molar-refractivity contribution >= 4 is 28.6 Å². The highest BCUT2D eigenvalue weighted by Gasteiger charge is 2.59. The van der Waals surface area contributed by atoms with Gasteiger partial charge in [-0.25, -0.2) is 4.98 Å². The standard InChI is InChI=1S/C16H18ClN7O5/c1-6-20-11(29-24-6)3-19-13-7(17)2-8-14(22-13)23-15(21-8)28-10-5-26-12-9(25)4-27-16(10,12)18/h2,9-10,12,25H,3-5,18H2,1H3,(H2,19,21,22,23)/t9-,10-,12-,16-/m1/s1. The van der Waals surface area contributed by atoms with Crippen molar-refractivity contribution in [1.29, 1.82) is 0 Å². The molecule has 29 heavy (non-hydrogen) atoms. The highest BCUT2D eigenvalue weighted by atomic mass is 35.5. The van der Waals surface area contributed by atoms with E-state index >= 15 is 0 Å². The normalized spacial score (nSPS) is 28.8. The minimum Gasteiger partial charge on any atom is -0.454 e. The zero-order valence-corrected chi connectivity index (χ0v) is 16.0. The van der Waals surface area contributed by atoms with Crippen molar-refractivity contribution in [3.63, 3.8) is 0 Å². The van der Waals surface area contributed by atoms with Gasteiger partial charge in [-0.1, -0.05) is 16.8 Å². The van der Waals surface area contributed by atoms with E-state index in [-0.39, 0.29) is 25.8 Å². The van der Waals surface area contributed by atoms with Crippen LogP contribution in [-0.2, 0) is 16.0 Å². The van der Waals surface area contributed by atoms with Gasteiger partial charge in [0, 0.05) is 0 Å². The van der Waals surface area contributed by atoms with Crippen LogP contribution in [0.3, 0.4) is 0 Å². The largest absolute Gasteiger partial charge is 0.454 e. The van der Waals surface area contributed by atoms with Crippen LogP contribution in [-0.4, -0.2) is 67.4 Å². The van der Waals surface area contributed by atoms with E-state index in [1.165, 1.54) is 0 Å². The predicted octanol–water partition coefficient (Wildman–Crippen LogP) is 0.107. The van der Waals surface area contributed by atoms with E-state index in [1.807, 2.05) is 0 Å². The maximum absolute atomic E-state index is 9.90. The minimum atomic E-state index is -1.24. The molecule has 12 nitrogen and oxygen atoms in total. The number of hydrogen-bond donors (Lipinski definition) is 4. The molecule has 3 aromatic rings. The van der Waals surface area contributed by atoms with Crippen LogP contribution in [0.25, 0.3) is 11.2 Å². The molecule has 13 heteroatoms. The highest BCUT2D eigenvalue weighted by Crippen LogP contribution is 2.35. The van der Waals surface area contributed by atoms with Crippen LogP contribution in [0.5, 0.6) is 6.01 Å². The average Bonchev–Trinajstić information content (AvgIpc) is 3.41. The van der Waals surface area contributed by atoms with Crippen LogP contribution in [0.15, 0.2) is 10.6 Å². The predicted molar refractivity (Wildman–Crippen MR) is 98.3 cm³/mol. The third-order valence-electron chi connectivity index (χ3n) is 4.86. The molecule has 0 aromatic carbocycles. The third-order valence-corrected chi connectivity index (χ3v) is 5.15. The number of aliphatic hydroxyl groups is 1. The lowest BCUT2D eigenvalue weighted by atomic mass is 10.0. The number of nitrogens with two attached hydrogens (primary N) is 1. The van der Waals surface area contributed by atoms with Crippen LogP contribution < -0.4 is 15.8 Å². The van der Waals surface area contributed by atoms with E-state index in [0.29, 0.717) is 33.7 Å². The number of H-pyrrole nitrogens is 1. The fourth-order valence-corrected chi connectivity index (χ4v) is 3.66. The summed E-state index contributed by atoms with van der Waals surface area (Å²) in [6, 6.07) is 1.87. The van der Waals surface area contributed by atoms with Gasteiger partial charge < -0.3 is 34.1 Å². The fourth-order valence-electron chi connectivity index (χ4n) is 3.45. The number of aryl methyl sites for hydroxylation is 1. The molecule has 2 fully saturated rings. The summed E-state index contributed by atoms with van der Waals surface area (Å²) in [7, 11) is 0. The highest BCUT2D eigenvalue weighted by molar-refractivity contribution is 6.33. The molecule has 2 saturated heterocycles. The van der Waals surface area contributed by atoms with Gasteiger partial charge in [-0.05, 0) is 13.0 Å². The summed E-state index contributed by atoms with van der Waals surface area (Å²) in [6.45, 7) is 2.26. The number of anilines is 1. The zero-order valence-electron chi connectivity index (χ0n) is 15.3. The molecule has 5 heterocycles. The molecule has 0 unspecified atom stereocenters. The van der Waals surface area contributed by atoms with Crippen molar-refractivity contribution in [2.45, 2.75) is 37.5 Å². The first-order valence-electron chi connectivity index (χ1n) is 8.91. The molecule has 154 valence electrons. The Balaban J connectivity index is 1.34. The van der Waals surface area contributed by atoms with Crippen LogP contribution in [0.2, 0.25) is 5.02 Å². The first-order valence-corrected chi connectivity index (χ1v) is 9.28. The van der Waals surface area contributed by atoms with Crippen molar-refractivity contribution in [2.24, 2.45) is 5.73 Å². The van der Waals surface area contributed by atoms with E-state index in [9.17, 15) is 5.11 Å². The molecule has 5 N–H and O–H groups in total. The molecule has 0 amide bonds. The molecule has 0 saturated carbocycles. The second kappa shape index (κ2) is 6.78. The van der Waals surface area contributed by atoms with Crippen LogP contribution >= 0.6 is 11.6 Å². The van der Waals surface area contributed by atoms with Gasteiger partial charge in [0.1, 0.15) is 18.0 Å². The molecule has 0 bridgehead atoms. The van der Waals surface area contributed by atoms with Gasteiger partial charge in [0.15, 0.2) is 23.3 Å². The zero-order chi connectivity index (χ0) is 20.2. The number of aromatic amines is 1. The molecule has 0 aliphatic carbocycles. The lowest BCUT2D eigenvalue weighted by Gasteiger charge is -2.27. The second-order valence-electron chi connectivity index (χ2n) is 6.91. The number of fused-ring (bicyclic) bond motifs is 2. The molecule has 3 aromatic heterocycles. The molecule has 4 atom stereocenters. The summed E-state index contributed by atoms with van der Waals surface area (Å²) in [6.07, 6.45) is -2.08. The number of nitrogens with one attached hydrogen (secondary N) is 2. The SMILES string of the molecule is Cc1noc(CNc2nc3nc(O[C@@H]4CO[C@@H]5[C@H](O)CO[C@@]54N)[nH]c3cc2Cl)n1. The van der Waals surface area contributed by atoms with Gasteiger partial charge in [-0.2, -0.15) is 9.97 Å². The Kier molecular flexibility index (Phi) is 4.33. The quantitative estimate of drug-likeness (QED) is 0.439. The van der Waals surface area contributed by atoms with E-state index in [4.69, 9.17) is 36.1 Å². The molecular formula is C16H18ClN7O5. The lowest BCUT2D eigenvalue weighted by Crippen LogP contribution is -2.57. The maximum atomic E-state index is 9.90. The number of nitrogens with zero attached hydrogens (tertiary/aromatic N) is 4. The van der Waals surface area contributed by atoms with Crippen LogP contribution in [0.4, 0.5) is 5.82 Å². The van der Waals surface area contributed by atoms with E-state index in [1.54, 1.807) is 13.0 Å². The van der Waals surface area contributed by atoms with E-state index < -0.39 is 24.0 Å². The molecule has 5 rings (SSSR count). The van der Waals surface area contributed by atoms with Gasteiger partial charge in [0.25, 0.3) is 6.01 Å². The Labute approximate surface area is 168 Å². The molecular weight excluding hydrogens is 406 g/mol. The molecule has 0 spiro atoms. The van der Waals surface area contributed by atoms with Crippen molar-refractivity contribution in [3.8, 4) is 6.01 Å². The van der Waals surface area contributed by atoms with Gasteiger partial charge in [-0.3, -0.25) is 5.73 Å². The number of halogens is 1. The fraction of sp³-hybridized carbons (Fsp3) is 0.500. The van der Waals surface area contributed by atoms with Crippen LogP contribution in [0, 0.1) is 6.92 Å². The summed E-state index contributed by atoms with van der Waals surface area (Å²) >= 11 is 6.30. The Morgan fingerprint density at radius 2 is 2.28 bits per heavy atom. The molecule has 0 radical (unpaired) electrons. The second-order valence-corrected chi connectivity index (χ2v) is 7.32. The summed E-state index contributed by atoms with van der Waals surface area (Å²) in [5, 5.41) is 17.0. The van der Waals surface area contributed by atoms with Crippen LogP contribution in [0.1, 0.15) is 11.7 Å². The number of aromatic nitrogens is 5. The van der Waals surface area contributed by atoms with Crippen molar-refractivity contribution in [3.05, 3.63) is 22.8 Å². The molecule has 2 aliphatic rings. The van der Waals surface area contributed by atoms with Gasteiger partial charge in [-0.15, -0.1) is 0 Å². The van der Waals surface area contributed by atoms with Crippen molar-refractivity contribution in [1.82, 2.24) is 25.1 Å². The summed E-state index contributed by atoms with van der Waals surface area (Å²) < 4.78 is 22.0. The minimum absolute atomic E-state index is 0.0902. The summed E-state index contributed by atoms with van der Waals surface area (Å²) in [5.74, 6) is 1.36. The Bertz CT molecular complexity index is 1060. The van der Waals surface area contributed by atoms with Gasteiger partial charge in [0.05, 0.1) is 30.3 Å². The molecule has 2 aliphatic heterocycles. The number of pyridine rings is 1. The summed E-state index contributed by atoms with van der Waals surface area (Å²) in [4.78, 5) is 15.8. The first-order chi connectivity index (χ1) is 13.9. The smallest absolute Gasteiger partial charge is 0.296 e. The number of rotatable bonds is 5.